The third-order valence-corrected chi connectivity index (χ3v) is 2.04. The van der Waals surface area contributed by atoms with Crippen LogP contribution in [0.4, 0.5) is 0 Å². The van der Waals surface area contributed by atoms with Crippen molar-refractivity contribution in [1.29, 1.82) is 0 Å². The van der Waals surface area contributed by atoms with E-state index < -0.39 is 5.60 Å². The van der Waals surface area contributed by atoms with Crippen molar-refractivity contribution in [3.63, 3.8) is 0 Å². The number of aliphatic hydroxyl groups is 1. The molecule has 1 rings (SSSR count). The van der Waals surface area contributed by atoms with E-state index in [1.54, 1.807) is 19.9 Å². The molecule has 0 amide bonds. The first-order valence-electron chi connectivity index (χ1n) is 4.87. The zero-order chi connectivity index (χ0) is 12.2. The summed E-state index contributed by atoms with van der Waals surface area (Å²) in [6.45, 7) is 3.44. The fourth-order valence-corrected chi connectivity index (χ4v) is 1.25. The molecule has 0 aliphatic heterocycles. The molecule has 0 aliphatic rings. The van der Waals surface area contributed by atoms with Gasteiger partial charge >= 0.3 is 0 Å². The Kier molecular flexibility index (Phi) is 4.09. The highest BCUT2D eigenvalue weighted by molar-refractivity contribution is 5.38. The topological polar surface area (TPSA) is 60.8 Å². The normalized spacial score (nSPS) is 11.3. The van der Waals surface area contributed by atoms with E-state index in [1.165, 1.54) is 20.4 Å². The number of rotatable bonds is 5. The van der Waals surface area contributed by atoms with E-state index in [2.05, 4.69) is 4.98 Å². The van der Waals surface area contributed by atoms with Crippen LogP contribution < -0.4 is 9.47 Å². The van der Waals surface area contributed by atoms with Crippen LogP contribution in [0.25, 0.3) is 0 Å². The molecule has 0 bridgehead atoms. The van der Waals surface area contributed by atoms with Crippen LogP contribution in [-0.2, 0) is 10.3 Å². The van der Waals surface area contributed by atoms with Crippen LogP contribution in [0, 0.1) is 0 Å². The van der Waals surface area contributed by atoms with Gasteiger partial charge in [-0.05, 0) is 13.8 Å². The van der Waals surface area contributed by atoms with Crippen molar-refractivity contribution in [1.82, 2.24) is 4.98 Å². The van der Waals surface area contributed by atoms with E-state index in [-0.39, 0.29) is 6.79 Å². The van der Waals surface area contributed by atoms with E-state index in [0.29, 0.717) is 17.2 Å². The smallest absolute Gasteiger partial charge is 0.213 e. The van der Waals surface area contributed by atoms with Crippen LogP contribution in [0.1, 0.15) is 19.4 Å². The summed E-state index contributed by atoms with van der Waals surface area (Å²) in [7, 11) is 3.05. The van der Waals surface area contributed by atoms with Gasteiger partial charge in [-0.3, -0.25) is 0 Å². The van der Waals surface area contributed by atoms with Crippen molar-refractivity contribution in [2.45, 2.75) is 19.4 Å². The van der Waals surface area contributed by atoms with Gasteiger partial charge in [0.05, 0.1) is 18.9 Å². The second kappa shape index (κ2) is 5.14. The van der Waals surface area contributed by atoms with Gasteiger partial charge in [0, 0.05) is 18.7 Å². The second-order valence-electron chi connectivity index (χ2n) is 3.83. The molecule has 0 aliphatic carbocycles. The SMILES string of the molecule is COCOc1cnc(OC)cc1C(C)(C)O. The zero-order valence-electron chi connectivity index (χ0n) is 9.98. The van der Waals surface area contributed by atoms with Crippen LogP contribution in [0.5, 0.6) is 11.6 Å². The van der Waals surface area contributed by atoms with E-state index >= 15 is 0 Å². The average Bonchev–Trinajstić information content (AvgIpc) is 2.25. The highest BCUT2D eigenvalue weighted by Gasteiger charge is 2.22. The number of hydrogen-bond donors (Lipinski definition) is 1. The number of nitrogens with zero attached hydrogens (tertiary/aromatic N) is 1. The summed E-state index contributed by atoms with van der Waals surface area (Å²) < 4.78 is 15.1. The Hall–Kier alpha value is -1.33. The minimum atomic E-state index is -1.03. The van der Waals surface area contributed by atoms with Crippen molar-refractivity contribution >= 4 is 0 Å². The fourth-order valence-electron chi connectivity index (χ4n) is 1.25. The maximum Gasteiger partial charge on any atom is 0.213 e. The van der Waals surface area contributed by atoms with Gasteiger partial charge in [0.25, 0.3) is 0 Å². The lowest BCUT2D eigenvalue weighted by molar-refractivity contribution is 0.0388. The van der Waals surface area contributed by atoms with Crippen molar-refractivity contribution in [3.05, 3.63) is 17.8 Å². The van der Waals surface area contributed by atoms with Gasteiger partial charge < -0.3 is 19.3 Å². The van der Waals surface area contributed by atoms with Crippen molar-refractivity contribution in [2.75, 3.05) is 21.0 Å². The van der Waals surface area contributed by atoms with Gasteiger partial charge in [0.1, 0.15) is 5.75 Å². The number of hydrogen-bond acceptors (Lipinski definition) is 5. The first-order valence-corrected chi connectivity index (χ1v) is 4.87. The Labute approximate surface area is 95.0 Å². The summed E-state index contributed by atoms with van der Waals surface area (Å²) in [6.07, 6.45) is 1.51. The van der Waals surface area contributed by atoms with Crippen LogP contribution in [0.2, 0.25) is 0 Å². The van der Waals surface area contributed by atoms with E-state index in [0.717, 1.165) is 0 Å². The fraction of sp³-hybridized carbons (Fsp3) is 0.545. The first-order chi connectivity index (χ1) is 7.49. The molecule has 0 unspecified atom stereocenters. The second-order valence-corrected chi connectivity index (χ2v) is 3.83. The molecule has 1 heterocycles. The summed E-state index contributed by atoms with van der Waals surface area (Å²) in [4.78, 5) is 4.01. The third-order valence-electron chi connectivity index (χ3n) is 2.04. The van der Waals surface area contributed by atoms with Crippen molar-refractivity contribution in [3.8, 4) is 11.6 Å². The Bertz CT molecular complexity index is 346. The predicted molar refractivity (Wildman–Crippen MR) is 58.5 cm³/mol. The van der Waals surface area contributed by atoms with Gasteiger partial charge in [-0.2, -0.15) is 0 Å². The minimum absolute atomic E-state index is 0.108. The van der Waals surface area contributed by atoms with Crippen LogP contribution >= 0.6 is 0 Å². The third kappa shape index (κ3) is 3.08. The quantitative estimate of drug-likeness (QED) is 0.768. The number of aromatic nitrogens is 1. The standard InChI is InChI=1S/C11H17NO4/c1-11(2,13)8-5-10(15-4)12-6-9(8)16-7-14-3/h5-6,13H,7H2,1-4H3. The Balaban J connectivity index is 3.06. The van der Waals surface area contributed by atoms with Crippen molar-refractivity contribution in [2.24, 2.45) is 0 Å². The molecule has 0 radical (unpaired) electrons. The lowest BCUT2D eigenvalue weighted by Gasteiger charge is -2.21. The molecular formula is C11H17NO4. The number of methoxy groups -OCH3 is 2. The molecule has 0 aromatic carbocycles. The lowest BCUT2D eigenvalue weighted by atomic mass is 9.99. The van der Waals surface area contributed by atoms with Gasteiger partial charge in [-0.1, -0.05) is 0 Å². The Morgan fingerprint density at radius 3 is 2.56 bits per heavy atom. The molecule has 5 nitrogen and oxygen atoms in total. The monoisotopic (exact) mass is 227 g/mol. The largest absolute Gasteiger partial charge is 0.481 e. The molecule has 16 heavy (non-hydrogen) atoms. The summed E-state index contributed by atoms with van der Waals surface area (Å²) in [5.74, 6) is 0.914. The van der Waals surface area contributed by atoms with Gasteiger partial charge in [-0.15, -0.1) is 0 Å². The molecule has 0 spiro atoms. The molecular weight excluding hydrogens is 210 g/mol. The molecule has 0 saturated heterocycles. The van der Waals surface area contributed by atoms with Crippen LogP contribution in [0.15, 0.2) is 12.3 Å². The minimum Gasteiger partial charge on any atom is -0.481 e. The van der Waals surface area contributed by atoms with Gasteiger partial charge in [-0.25, -0.2) is 4.98 Å². The van der Waals surface area contributed by atoms with E-state index in [1.807, 2.05) is 0 Å². The molecule has 1 aromatic rings. The maximum absolute atomic E-state index is 9.98. The van der Waals surface area contributed by atoms with Crippen LogP contribution in [0.3, 0.4) is 0 Å². The highest BCUT2D eigenvalue weighted by Crippen LogP contribution is 2.31. The Morgan fingerprint density at radius 1 is 1.38 bits per heavy atom. The van der Waals surface area contributed by atoms with Gasteiger partial charge in [0.15, 0.2) is 6.79 Å². The first kappa shape index (κ1) is 12.7. The van der Waals surface area contributed by atoms with Crippen LogP contribution in [-0.4, -0.2) is 31.1 Å². The number of pyridine rings is 1. The summed E-state index contributed by atoms with van der Waals surface area (Å²) >= 11 is 0. The van der Waals surface area contributed by atoms with Gasteiger partial charge in [0.2, 0.25) is 5.88 Å². The molecule has 0 atom stereocenters. The molecule has 5 heteroatoms. The summed E-state index contributed by atoms with van der Waals surface area (Å²) in [6, 6.07) is 1.64. The zero-order valence-corrected chi connectivity index (χ0v) is 9.98. The highest BCUT2D eigenvalue weighted by atomic mass is 16.7. The molecule has 90 valence electrons. The van der Waals surface area contributed by atoms with E-state index in [9.17, 15) is 5.11 Å². The molecule has 1 N–H and O–H groups in total. The maximum atomic E-state index is 9.98. The molecule has 1 aromatic heterocycles. The average molecular weight is 227 g/mol. The summed E-state index contributed by atoms with van der Waals surface area (Å²) in [5, 5.41) is 9.98. The predicted octanol–water partition coefficient (Wildman–Crippen LogP) is 1.30. The molecule has 0 saturated carbocycles. The Morgan fingerprint density at radius 2 is 2.06 bits per heavy atom. The number of ether oxygens (including phenoxy) is 3. The molecule has 0 fully saturated rings. The lowest BCUT2D eigenvalue weighted by Crippen LogP contribution is -2.18. The van der Waals surface area contributed by atoms with Crippen molar-refractivity contribution < 1.29 is 19.3 Å². The van der Waals surface area contributed by atoms with E-state index in [4.69, 9.17) is 14.2 Å². The summed E-state index contributed by atoms with van der Waals surface area (Å²) in [5.41, 5.74) is -0.421.